The van der Waals surface area contributed by atoms with Crippen LogP contribution < -0.4 is 9.64 Å². The van der Waals surface area contributed by atoms with Crippen molar-refractivity contribution in [3.8, 4) is 5.75 Å². The minimum Gasteiger partial charge on any atom is -0.491 e. The van der Waals surface area contributed by atoms with E-state index < -0.39 is 0 Å². The van der Waals surface area contributed by atoms with Crippen LogP contribution in [0.1, 0.15) is 0 Å². The lowest BCUT2D eigenvalue weighted by Gasteiger charge is -2.28. The molecule has 1 aromatic rings. The van der Waals surface area contributed by atoms with Crippen LogP contribution in [0.5, 0.6) is 5.75 Å². The Kier molecular flexibility index (Phi) is 4.64. The van der Waals surface area contributed by atoms with E-state index in [1.807, 2.05) is 12.1 Å². The highest BCUT2D eigenvalue weighted by Gasteiger charge is 2.10. The zero-order valence-corrected chi connectivity index (χ0v) is 10.2. The first-order valence-electron chi connectivity index (χ1n) is 5.94. The molecule has 0 N–H and O–H groups in total. The lowest BCUT2D eigenvalue weighted by molar-refractivity contribution is 0.122. The second-order valence-electron chi connectivity index (χ2n) is 3.93. The van der Waals surface area contributed by atoms with Crippen molar-refractivity contribution in [3.05, 3.63) is 24.3 Å². The van der Waals surface area contributed by atoms with Gasteiger partial charge in [-0.25, -0.2) is 0 Å². The normalized spacial score (nSPS) is 15.9. The summed E-state index contributed by atoms with van der Waals surface area (Å²) in [4.78, 5) is 2.32. The van der Waals surface area contributed by atoms with Crippen molar-refractivity contribution in [2.75, 3.05) is 51.5 Å². The summed E-state index contributed by atoms with van der Waals surface area (Å²) in [6.07, 6.45) is 0. The van der Waals surface area contributed by atoms with E-state index in [2.05, 4.69) is 17.0 Å². The summed E-state index contributed by atoms with van der Waals surface area (Å²) in [6, 6.07) is 8.18. The highest BCUT2D eigenvalue weighted by Crippen LogP contribution is 2.20. The molecule has 0 saturated carbocycles. The van der Waals surface area contributed by atoms with E-state index in [9.17, 15) is 0 Å². The fourth-order valence-electron chi connectivity index (χ4n) is 1.82. The minimum atomic E-state index is 0.591. The van der Waals surface area contributed by atoms with Crippen molar-refractivity contribution >= 4 is 5.69 Å². The fraction of sp³-hybridized carbons (Fsp3) is 0.538. The smallest absolute Gasteiger partial charge is 0.119 e. The van der Waals surface area contributed by atoms with Gasteiger partial charge < -0.3 is 19.1 Å². The van der Waals surface area contributed by atoms with E-state index >= 15 is 0 Å². The molecule has 2 rings (SSSR count). The summed E-state index contributed by atoms with van der Waals surface area (Å²) in [6.45, 7) is 4.75. The van der Waals surface area contributed by atoms with Crippen molar-refractivity contribution in [1.82, 2.24) is 0 Å². The molecule has 1 saturated heterocycles. The number of hydrogen-bond acceptors (Lipinski definition) is 4. The summed E-state index contributed by atoms with van der Waals surface area (Å²) >= 11 is 0. The van der Waals surface area contributed by atoms with Crippen molar-refractivity contribution in [2.24, 2.45) is 0 Å². The molecule has 1 aliphatic rings. The molecule has 1 aromatic carbocycles. The van der Waals surface area contributed by atoms with E-state index in [4.69, 9.17) is 14.2 Å². The minimum absolute atomic E-state index is 0.591. The molecule has 0 unspecified atom stereocenters. The van der Waals surface area contributed by atoms with Crippen LogP contribution >= 0.6 is 0 Å². The molecule has 0 aliphatic carbocycles. The number of methoxy groups -OCH3 is 1. The van der Waals surface area contributed by atoms with E-state index in [0.717, 1.165) is 32.1 Å². The largest absolute Gasteiger partial charge is 0.491 e. The van der Waals surface area contributed by atoms with Crippen LogP contribution in [-0.4, -0.2) is 46.6 Å². The maximum Gasteiger partial charge on any atom is 0.119 e. The van der Waals surface area contributed by atoms with Gasteiger partial charge in [-0.1, -0.05) is 0 Å². The Balaban J connectivity index is 1.88. The second-order valence-corrected chi connectivity index (χ2v) is 3.93. The SMILES string of the molecule is COCCOc1ccc(N2CCOCC2)cc1. The molecular weight excluding hydrogens is 218 g/mol. The highest BCUT2D eigenvalue weighted by molar-refractivity contribution is 5.49. The zero-order valence-electron chi connectivity index (χ0n) is 10.2. The van der Waals surface area contributed by atoms with Gasteiger partial charge in [-0.15, -0.1) is 0 Å². The number of morpholine rings is 1. The summed E-state index contributed by atoms with van der Waals surface area (Å²) in [5.74, 6) is 0.888. The summed E-state index contributed by atoms with van der Waals surface area (Å²) < 4.78 is 15.8. The lowest BCUT2D eigenvalue weighted by Crippen LogP contribution is -2.36. The summed E-state index contributed by atoms with van der Waals surface area (Å²) in [5.41, 5.74) is 1.23. The van der Waals surface area contributed by atoms with Crippen LogP contribution in [0, 0.1) is 0 Å². The number of hydrogen-bond donors (Lipinski definition) is 0. The van der Waals surface area contributed by atoms with Gasteiger partial charge in [0, 0.05) is 25.9 Å². The third-order valence-electron chi connectivity index (χ3n) is 2.77. The van der Waals surface area contributed by atoms with Gasteiger partial charge in [0.15, 0.2) is 0 Å². The number of anilines is 1. The maximum atomic E-state index is 5.52. The highest BCUT2D eigenvalue weighted by atomic mass is 16.5. The van der Waals surface area contributed by atoms with Crippen LogP contribution in [0.3, 0.4) is 0 Å². The van der Waals surface area contributed by atoms with Crippen LogP contribution in [0.2, 0.25) is 0 Å². The van der Waals surface area contributed by atoms with Crippen molar-refractivity contribution in [1.29, 1.82) is 0 Å². The van der Waals surface area contributed by atoms with E-state index in [1.54, 1.807) is 7.11 Å². The average molecular weight is 237 g/mol. The van der Waals surface area contributed by atoms with Gasteiger partial charge in [0.05, 0.1) is 19.8 Å². The van der Waals surface area contributed by atoms with Gasteiger partial charge >= 0.3 is 0 Å². The third kappa shape index (κ3) is 3.61. The maximum absolute atomic E-state index is 5.52. The molecule has 1 fully saturated rings. The third-order valence-corrected chi connectivity index (χ3v) is 2.77. The molecule has 0 spiro atoms. The van der Waals surface area contributed by atoms with Crippen molar-refractivity contribution in [3.63, 3.8) is 0 Å². The van der Waals surface area contributed by atoms with E-state index in [0.29, 0.717) is 13.2 Å². The number of rotatable bonds is 5. The Morgan fingerprint density at radius 2 is 1.82 bits per heavy atom. The molecule has 94 valence electrons. The molecule has 1 aliphatic heterocycles. The molecule has 0 bridgehead atoms. The first kappa shape index (κ1) is 12.2. The van der Waals surface area contributed by atoms with E-state index in [-0.39, 0.29) is 0 Å². The zero-order chi connectivity index (χ0) is 11.9. The lowest BCUT2D eigenvalue weighted by atomic mass is 10.2. The Labute approximate surface area is 102 Å². The number of benzene rings is 1. The Morgan fingerprint density at radius 1 is 1.12 bits per heavy atom. The quantitative estimate of drug-likeness (QED) is 0.727. The number of ether oxygens (including phenoxy) is 3. The van der Waals surface area contributed by atoms with Gasteiger partial charge in [0.25, 0.3) is 0 Å². The molecule has 0 atom stereocenters. The van der Waals surface area contributed by atoms with E-state index in [1.165, 1.54) is 5.69 Å². The predicted molar refractivity (Wildman–Crippen MR) is 66.8 cm³/mol. The molecule has 17 heavy (non-hydrogen) atoms. The van der Waals surface area contributed by atoms with Crippen LogP contribution in [0.4, 0.5) is 5.69 Å². The van der Waals surface area contributed by atoms with Crippen molar-refractivity contribution in [2.45, 2.75) is 0 Å². The van der Waals surface area contributed by atoms with Crippen LogP contribution in [0.15, 0.2) is 24.3 Å². The molecular formula is C13H19NO3. The molecule has 0 amide bonds. The molecule has 4 heteroatoms. The van der Waals surface area contributed by atoms with Crippen LogP contribution in [-0.2, 0) is 9.47 Å². The van der Waals surface area contributed by atoms with Crippen molar-refractivity contribution < 1.29 is 14.2 Å². The van der Waals surface area contributed by atoms with Crippen LogP contribution in [0.25, 0.3) is 0 Å². The first-order valence-corrected chi connectivity index (χ1v) is 5.94. The Morgan fingerprint density at radius 3 is 2.47 bits per heavy atom. The molecule has 0 radical (unpaired) electrons. The fourth-order valence-corrected chi connectivity index (χ4v) is 1.82. The summed E-state index contributed by atoms with van der Waals surface area (Å²) in [5, 5.41) is 0. The topological polar surface area (TPSA) is 30.9 Å². The predicted octanol–water partition coefficient (Wildman–Crippen LogP) is 1.55. The van der Waals surface area contributed by atoms with Gasteiger partial charge in [-0.3, -0.25) is 0 Å². The second kappa shape index (κ2) is 6.47. The Bertz CT molecular complexity index is 320. The average Bonchev–Trinajstić information content (AvgIpc) is 2.41. The van der Waals surface area contributed by atoms with Gasteiger partial charge in [0.1, 0.15) is 12.4 Å². The van der Waals surface area contributed by atoms with Gasteiger partial charge in [-0.2, -0.15) is 0 Å². The monoisotopic (exact) mass is 237 g/mol. The summed E-state index contributed by atoms with van der Waals surface area (Å²) in [7, 11) is 1.67. The van der Waals surface area contributed by atoms with Gasteiger partial charge in [0.2, 0.25) is 0 Å². The molecule has 1 heterocycles. The molecule has 4 nitrogen and oxygen atoms in total. The Hall–Kier alpha value is -1.26. The van der Waals surface area contributed by atoms with Gasteiger partial charge in [-0.05, 0) is 24.3 Å². The standard InChI is InChI=1S/C13H19NO3/c1-15-10-11-17-13-4-2-12(3-5-13)14-6-8-16-9-7-14/h2-5H,6-11H2,1H3. The number of nitrogens with zero attached hydrogens (tertiary/aromatic N) is 1. The first-order chi connectivity index (χ1) is 8.40. The molecule has 0 aromatic heterocycles.